The Morgan fingerprint density at radius 1 is 1.18 bits per heavy atom. The Labute approximate surface area is 133 Å². The van der Waals surface area contributed by atoms with Crippen LogP contribution in [0.2, 0.25) is 0 Å². The molecule has 22 heavy (non-hydrogen) atoms. The van der Waals surface area contributed by atoms with Crippen molar-refractivity contribution in [1.29, 1.82) is 0 Å². The van der Waals surface area contributed by atoms with E-state index >= 15 is 0 Å². The third-order valence-electron chi connectivity index (χ3n) is 5.15. The molecule has 2 aliphatic rings. The fourth-order valence-corrected chi connectivity index (χ4v) is 3.76. The summed E-state index contributed by atoms with van der Waals surface area (Å²) >= 11 is 0. The van der Waals surface area contributed by atoms with Gasteiger partial charge in [-0.1, -0.05) is 6.92 Å². The van der Waals surface area contributed by atoms with Gasteiger partial charge < -0.3 is 10.0 Å². The van der Waals surface area contributed by atoms with Crippen molar-refractivity contribution in [2.24, 2.45) is 5.92 Å². The second-order valence-electron chi connectivity index (χ2n) is 7.05. The van der Waals surface area contributed by atoms with Gasteiger partial charge in [0.15, 0.2) is 0 Å². The van der Waals surface area contributed by atoms with Gasteiger partial charge >= 0.3 is 0 Å². The highest BCUT2D eigenvalue weighted by Gasteiger charge is 2.27. The van der Waals surface area contributed by atoms with Gasteiger partial charge in [0.2, 0.25) is 0 Å². The number of aliphatic hydroxyl groups is 1. The first-order valence-corrected chi connectivity index (χ1v) is 8.67. The molecule has 0 bridgehead atoms. The molecule has 0 spiro atoms. The predicted molar refractivity (Wildman–Crippen MR) is 85.5 cm³/mol. The molecule has 0 saturated carbocycles. The van der Waals surface area contributed by atoms with Crippen LogP contribution in [0.4, 0.5) is 0 Å². The summed E-state index contributed by atoms with van der Waals surface area (Å²) in [5.74, 6) is 0.846. The van der Waals surface area contributed by atoms with Crippen molar-refractivity contribution in [2.45, 2.75) is 51.3 Å². The normalized spacial score (nSPS) is 26.5. The van der Waals surface area contributed by atoms with Crippen molar-refractivity contribution in [1.82, 2.24) is 24.6 Å². The van der Waals surface area contributed by atoms with Gasteiger partial charge in [0.25, 0.3) is 0 Å². The Balaban J connectivity index is 1.44. The molecule has 0 aromatic carbocycles. The minimum atomic E-state index is -0.246. The van der Waals surface area contributed by atoms with Crippen LogP contribution >= 0.6 is 0 Å². The number of aliphatic hydroxyl groups excluding tert-OH is 1. The van der Waals surface area contributed by atoms with E-state index in [0.29, 0.717) is 6.04 Å². The van der Waals surface area contributed by atoms with Gasteiger partial charge in [0.05, 0.1) is 12.6 Å². The van der Waals surface area contributed by atoms with Crippen LogP contribution in [0.1, 0.15) is 32.6 Å². The van der Waals surface area contributed by atoms with Crippen molar-refractivity contribution in [3.8, 4) is 0 Å². The smallest absolute Gasteiger partial charge is 0.137 e. The second kappa shape index (κ2) is 7.53. The first-order chi connectivity index (χ1) is 10.7. The Hall–Kier alpha value is -0.980. The molecule has 2 aliphatic heterocycles. The third kappa shape index (κ3) is 4.27. The van der Waals surface area contributed by atoms with Crippen molar-refractivity contribution >= 4 is 0 Å². The quantitative estimate of drug-likeness (QED) is 0.844. The van der Waals surface area contributed by atoms with Crippen LogP contribution in [0, 0.1) is 5.92 Å². The molecule has 6 nitrogen and oxygen atoms in total. The minimum absolute atomic E-state index is 0.246. The summed E-state index contributed by atoms with van der Waals surface area (Å²) in [4.78, 5) is 8.86. The van der Waals surface area contributed by atoms with Crippen LogP contribution in [-0.4, -0.2) is 74.5 Å². The summed E-state index contributed by atoms with van der Waals surface area (Å²) < 4.78 is 1.90. The molecular formula is C16H29N5O. The molecule has 0 radical (unpaired) electrons. The van der Waals surface area contributed by atoms with Gasteiger partial charge in [-0.15, -0.1) is 0 Å². The number of aromatic nitrogens is 3. The van der Waals surface area contributed by atoms with E-state index in [9.17, 15) is 5.11 Å². The standard InChI is InChI=1S/C16H29N5O/c1-14-4-7-19(8-5-14)10-16(22)11-20-6-2-3-15(20)9-21-13-17-12-18-21/h12-16,22H,2-11H2,1H3/t15-,16+/m1/s1. The first kappa shape index (κ1) is 15.9. The summed E-state index contributed by atoms with van der Waals surface area (Å²) in [5, 5.41) is 14.7. The zero-order valence-electron chi connectivity index (χ0n) is 13.6. The van der Waals surface area contributed by atoms with Gasteiger partial charge in [0, 0.05) is 19.1 Å². The lowest BCUT2D eigenvalue weighted by Crippen LogP contribution is -2.45. The van der Waals surface area contributed by atoms with Crippen LogP contribution in [0.5, 0.6) is 0 Å². The van der Waals surface area contributed by atoms with E-state index in [1.165, 1.54) is 25.7 Å². The second-order valence-corrected chi connectivity index (χ2v) is 7.05. The zero-order valence-corrected chi connectivity index (χ0v) is 13.6. The van der Waals surface area contributed by atoms with Crippen LogP contribution in [0.3, 0.4) is 0 Å². The summed E-state index contributed by atoms with van der Waals surface area (Å²) in [6.45, 7) is 8.18. The average molecular weight is 307 g/mol. The monoisotopic (exact) mass is 307 g/mol. The van der Waals surface area contributed by atoms with Gasteiger partial charge in [0.1, 0.15) is 12.7 Å². The predicted octanol–water partition coefficient (Wildman–Crippen LogP) is 0.835. The Morgan fingerprint density at radius 2 is 2.00 bits per heavy atom. The van der Waals surface area contributed by atoms with Gasteiger partial charge in [-0.05, 0) is 51.2 Å². The molecule has 1 aromatic heterocycles. The summed E-state index contributed by atoms with van der Waals surface area (Å²) in [6.07, 6.45) is 8.07. The molecule has 2 saturated heterocycles. The van der Waals surface area contributed by atoms with Crippen molar-refractivity contribution in [3.63, 3.8) is 0 Å². The highest BCUT2D eigenvalue weighted by atomic mass is 16.3. The molecule has 124 valence electrons. The maximum Gasteiger partial charge on any atom is 0.137 e. The molecule has 0 amide bonds. The molecule has 1 aromatic rings. The summed E-state index contributed by atoms with van der Waals surface area (Å²) in [7, 11) is 0. The highest BCUT2D eigenvalue weighted by Crippen LogP contribution is 2.20. The fourth-order valence-electron chi connectivity index (χ4n) is 3.76. The van der Waals surface area contributed by atoms with Gasteiger partial charge in [-0.2, -0.15) is 5.10 Å². The zero-order chi connectivity index (χ0) is 15.4. The number of β-amino-alcohol motifs (C(OH)–C–C–N with tert-alkyl or cyclic N) is 1. The van der Waals surface area contributed by atoms with E-state index in [1.54, 1.807) is 12.7 Å². The molecule has 2 fully saturated rings. The molecule has 6 heteroatoms. The largest absolute Gasteiger partial charge is 0.390 e. The Kier molecular flexibility index (Phi) is 5.44. The minimum Gasteiger partial charge on any atom is -0.390 e. The third-order valence-corrected chi connectivity index (χ3v) is 5.15. The Bertz CT molecular complexity index is 430. The average Bonchev–Trinajstić information content (AvgIpc) is 3.15. The number of likely N-dealkylation sites (tertiary alicyclic amines) is 2. The number of hydrogen-bond donors (Lipinski definition) is 1. The van der Waals surface area contributed by atoms with E-state index in [4.69, 9.17) is 0 Å². The van der Waals surface area contributed by atoms with E-state index in [0.717, 1.165) is 45.2 Å². The van der Waals surface area contributed by atoms with Crippen LogP contribution in [0.25, 0.3) is 0 Å². The lowest BCUT2D eigenvalue weighted by molar-refractivity contribution is 0.0552. The van der Waals surface area contributed by atoms with Crippen molar-refractivity contribution < 1.29 is 5.11 Å². The van der Waals surface area contributed by atoms with E-state index < -0.39 is 0 Å². The van der Waals surface area contributed by atoms with E-state index in [1.807, 2.05) is 4.68 Å². The molecule has 2 atom stereocenters. The SMILES string of the molecule is CC1CCN(C[C@H](O)CN2CCC[C@@H]2Cn2cncn2)CC1. The van der Waals surface area contributed by atoms with Crippen molar-refractivity contribution in [3.05, 3.63) is 12.7 Å². The first-order valence-electron chi connectivity index (χ1n) is 8.67. The molecule has 3 heterocycles. The molecule has 1 N–H and O–H groups in total. The number of hydrogen-bond acceptors (Lipinski definition) is 5. The topological polar surface area (TPSA) is 57.4 Å². The van der Waals surface area contributed by atoms with Crippen LogP contribution in [0.15, 0.2) is 12.7 Å². The highest BCUT2D eigenvalue weighted by molar-refractivity contribution is 4.82. The van der Waals surface area contributed by atoms with Crippen LogP contribution in [-0.2, 0) is 6.54 Å². The fraction of sp³-hybridized carbons (Fsp3) is 0.875. The molecule has 0 aliphatic carbocycles. The number of rotatable bonds is 6. The molecular weight excluding hydrogens is 278 g/mol. The van der Waals surface area contributed by atoms with Gasteiger partial charge in [-0.3, -0.25) is 9.58 Å². The maximum atomic E-state index is 10.5. The lowest BCUT2D eigenvalue weighted by atomic mass is 9.99. The van der Waals surface area contributed by atoms with E-state index in [2.05, 4.69) is 26.8 Å². The summed E-state index contributed by atoms with van der Waals surface area (Å²) in [5.41, 5.74) is 0. The van der Waals surface area contributed by atoms with E-state index in [-0.39, 0.29) is 6.10 Å². The maximum absolute atomic E-state index is 10.5. The Morgan fingerprint density at radius 3 is 2.73 bits per heavy atom. The van der Waals surface area contributed by atoms with Crippen LogP contribution < -0.4 is 0 Å². The van der Waals surface area contributed by atoms with Crippen molar-refractivity contribution in [2.75, 3.05) is 32.7 Å². The summed E-state index contributed by atoms with van der Waals surface area (Å²) in [6, 6.07) is 0.484. The van der Waals surface area contributed by atoms with Gasteiger partial charge in [-0.25, -0.2) is 4.98 Å². The number of piperidine rings is 1. The molecule has 3 rings (SSSR count). The number of nitrogens with zero attached hydrogens (tertiary/aromatic N) is 5. The lowest BCUT2D eigenvalue weighted by Gasteiger charge is -2.33. The molecule has 0 unspecified atom stereocenters.